The van der Waals surface area contributed by atoms with Gasteiger partial charge in [-0.25, -0.2) is 0 Å². The minimum absolute atomic E-state index is 0.416. The maximum atomic E-state index is 10.9. The lowest BCUT2D eigenvalue weighted by Crippen LogP contribution is -2.23. The molecule has 0 heterocycles. The largest absolute Gasteiger partial charge is 0.493 e. The maximum absolute atomic E-state index is 10.9. The van der Waals surface area contributed by atoms with E-state index in [0.717, 1.165) is 12.3 Å². The first kappa shape index (κ1) is 12.9. The van der Waals surface area contributed by atoms with Crippen molar-refractivity contribution < 1.29 is 9.53 Å². The smallest absolute Gasteiger partial charge is 0.248 e. The molecule has 1 amide bonds. The second kappa shape index (κ2) is 5.87. The molecular weight excluding hydrogens is 228 g/mol. The van der Waals surface area contributed by atoms with Crippen molar-refractivity contribution in [1.29, 1.82) is 0 Å². The van der Waals surface area contributed by atoms with Crippen LogP contribution >= 0.6 is 0 Å². The third-order valence-corrected chi connectivity index (χ3v) is 3.72. The van der Waals surface area contributed by atoms with E-state index in [1.807, 2.05) is 0 Å². The van der Waals surface area contributed by atoms with Gasteiger partial charge >= 0.3 is 0 Å². The highest BCUT2D eigenvalue weighted by molar-refractivity contribution is 5.92. The Hall–Kier alpha value is -1.55. The molecule has 1 saturated carbocycles. The molecule has 4 nitrogen and oxygen atoms in total. The Morgan fingerprint density at radius 2 is 1.89 bits per heavy atom. The zero-order valence-corrected chi connectivity index (χ0v) is 10.5. The molecule has 0 aromatic heterocycles. The van der Waals surface area contributed by atoms with Gasteiger partial charge in [-0.2, -0.15) is 0 Å². The zero-order chi connectivity index (χ0) is 13.0. The van der Waals surface area contributed by atoms with Crippen LogP contribution in [0.25, 0.3) is 0 Å². The average Bonchev–Trinajstić information content (AvgIpc) is 2.84. The summed E-state index contributed by atoms with van der Waals surface area (Å²) in [7, 11) is 0. The van der Waals surface area contributed by atoms with E-state index in [1.165, 1.54) is 19.3 Å². The van der Waals surface area contributed by atoms with Gasteiger partial charge in [0.25, 0.3) is 0 Å². The predicted octanol–water partition coefficient (Wildman–Crippen LogP) is 1.54. The monoisotopic (exact) mass is 248 g/mol. The van der Waals surface area contributed by atoms with Crippen LogP contribution in [-0.2, 0) is 0 Å². The summed E-state index contributed by atoms with van der Waals surface area (Å²) in [5.74, 6) is 1.52. The zero-order valence-electron chi connectivity index (χ0n) is 10.5. The number of benzene rings is 1. The molecule has 1 aromatic carbocycles. The molecule has 0 aliphatic heterocycles. The lowest BCUT2D eigenvalue weighted by Gasteiger charge is -2.18. The number of rotatable bonds is 5. The molecule has 0 radical (unpaired) electrons. The molecule has 4 heteroatoms. The second-order valence-electron chi connectivity index (χ2n) is 4.89. The summed E-state index contributed by atoms with van der Waals surface area (Å²) in [6, 6.07) is 6.94. The molecule has 1 fully saturated rings. The highest BCUT2D eigenvalue weighted by Crippen LogP contribution is 2.31. The third-order valence-electron chi connectivity index (χ3n) is 3.72. The van der Waals surface area contributed by atoms with E-state index in [2.05, 4.69) is 0 Å². The van der Waals surface area contributed by atoms with Crippen molar-refractivity contribution in [1.82, 2.24) is 0 Å². The Labute approximate surface area is 107 Å². The summed E-state index contributed by atoms with van der Waals surface area (Å²) in [4.78, 5) is 10.9. The Morgan fingerprint density at radius 1 is 1.22 bits per heavy atom. The van der Waals surface area contributed by atoms with Crippen molar-refractivity contribution in [2.45, 2.75) is 19.3 Å². The van der Waals surface area contributed by atoms with Crippen molar-refractivity contribution in [2.75, 3.05) is 13.2 Å². The van der Waals surface area contributed by atoms with E-state index >= 15 is 0 Å². The number of carbonyl (C=O) groups is 1. The van der Waals surface area contributed by atoms with Gasteiger partial charge in [0.15, 0.2) is 0 Å². The summed E-state index contributed by atoms with van der Waals surface area (Å²) >= 11 is 0. The Balaban J connectivity index is 1.88. The highest BCUT2D eigenvalue weighted by Gasteiger charge is 2.26. The van der Waals surface area contributed by atoms with E-state index in [9.17, 15) is 4.79 Å². The third kappa shape index (κ3) is 3.01. The maximum Gasteiger partial charge on any atom is 0.248 e. The molecule has 0 spiro atoms. The van der Waals surface area contributed by atoms with E-state index in [-0.39, 0.29) is 0 Å². The quantitative estimate of drug-likeness (QED) is 0.829. The molecule has 1 aliphatic carbocycles. The molecule has 1 aliphatic rings. The standard InChI is InChI=1S/C14H20N2O2/c15-8-11-2-1-3-12(11)9-18-13-6-4-10(5-7-13)14(16)17/h4-7,11-12H,1-3,8-9,15H2,(H2,16,17). The Bertz CT molecular complexity index is 403. The van der Waals surface area contributed by atoms with Crippen molar-refractivity contribution in [3.63, 3.8) is 0 Å². The van der Waals surface area contributed by atoms with Crippen LogP contribution in [0.3, 0.4) is 0 Å². The number of hydrogen-bond donors (Lipinski definition) is 2. The van der Waals surface area contributed by atoms with Gasteiger partial charge in [-0.15, -0.1) is 0 Å². The molecule has 2 atom stereocenters. The minimum atomic E-state index is -0.416. The van der Waals surface area contributed by atoms with Gasteiger partial charge in [-0.1, -0.05) is 6.42 Å². The number of hydrogen-bond acceptors (Lipinski definition) is 3. The van der Waals surface area contributed by atoms with Gasteiger partial charge in [-0.05, 0) is 55.5 Å². The van der Waals surface area contributed by atoms with Crippen LogP contribution in [0.5, 0.6) is 5.75 Å². The number of amides is 1. The van der Waals surface area contributed by atoms with E-state index in [0.29, 0.717) is 24.0 Å². The summed E-state index contributed by atoms with van der Waals surface area (Å²) in [5, 5.41) is 0. The molecule has 2 unspecified atom stereocenters. The van der Waals surface area contributed by atoms with Crippen LogP contribution < -0.4 is 16.2 Å². The van der Waals surface area contributed by atoms with Crippen LogP contribution in [-0.4, -0.2) is 19.1 Å². The molecule has 2 rings (SSSR count). The van der Waals surface area contributed by atoms with Crippen LogP contribution in [0.4, 0.5) is 0 Å². The van der Waals surface area contributed by atoms with Crippen LogP contribution in [0.1, 0.15) is 29.6 Å². The normalized spacial score (nSPS) is 22.9. The lowest BCUT2D eigenvalue weighted by molar-refractivity contribution is 0.1000. The fraction of sp³-hybridized carbons (Fsp3) is 0.500. The molecule has 98 valence electrons. The van der Waals surface area contributed by atoms with Gasteiger partial charge in [0.2, 0.25) is 5.91 Å². The van der Waals surface area contributed by atoms with Gasteiger partial charge < -0.3 is 16.2 Å². The van der Waals surface area contributed by atoms with Crippen molar-refractivity contribution in [3.05, 3.63) is 29.8 Å². The Morgan fingerprint density at radius 3 is 2.50 bits per heavy atom. The van der Waals surface area contributed by atoms with Crippen molar-refractivity contribution >= 4 is 5.91 Å². The lowest BCUT2D eigenvalue weighted by atomic mass is 9.97. The molecule has 0 saturated heterocycles. The van der Waals surface area contributed by atoms with Gasteiger partial charge in [0, 0.05) is 5.56 Å². The molecule has 18 heavy (non-hydrogen) atoms. The summed E-state index contributed by atoms with van der Waals surface area (Å²) in [5.41, 5.74) is 11.4. The van der Waals surface area contributed by atoms with E-state index in [4.69, 9.17) is 16.2 Å². The first-order chi connectivity index (χ1) is 8.70. The first-order valence-electron chi connectivity index (χ1n) is 6.43. The van der Waals surface area contributed by atoms with Crippen molar-refractivity contribution in [3.8, 4) is 5.75 Å². The van der Waals surface area contributed by atoms with Crippen molar-refractivity contribution in [2.24, 2.45) is 23.3 Å². The minimum Gasteiger partial charge on any atom is -0.493 e. The fourth-order valence-electron chi connectivity index (χ4n) is 2.56. The number of primary amides is 1. The first-order valence-corrected chi connectivity index (χ1v) is 6.43. The van der Waals surface area contributed by atoms with Crippen LogP contribution in [0.15, 0.2) is 24.3 Å². The molecule has 1 aromatic rings. The topological polar surface area (TPSA) is 78.3 Å². The van der Waals surface area contributed by atoms with Gasteiger partial charge in [0.05, 0.1) is 6.61 Å². The van der Waals surface area contributed by atoms with Crippen LogP contribution in [0, 0.1) is 11.8 Å². The van der Waals surface area contributed by atoms with Crippen LogP contribution in [0.2, 0.25) is 0 Å². The molecule has 0 bridgehead atoms. The van der Waals surface area contributed by atoms with E-state index < -0.39 is 5.91 Å². The second-order valence-corrected chi connectivity index (χ2v) is 4.89. The number of ether oxygens (including phenoxy) is 1. The SMILES string of the molecule is NCC1CCCC1COc1ccc(C(N)=O)cc1. The molecular formula is C14H20N2O2. The van der Waals surface area contributed by atoms with E-state index in [1.54, 1.807) is 24.3 Å². The average molecular weight is 248 g/mol. The summed E-state index contributed by atoms with van der Waals surface area (Å²) in [6.07, 6.45) is 3.66. The highest BCUT2D eigenvalue weighted by atomic mass is 16.5. The number of nitrogens with two attached hydrogens (primary N) is 2. The molecule has 4 N–H and O–H groups in total. The summed E-state index contributed by atoms with van der Waals surface area (Å²) in [6.45, 7) is 1.45. The van der Waals surface area contributed by atoms with Gasteiger partial charge in [-0.3, -0.25) is 4.79 Å². The Kier molecular flexibility index (Phi) is 4.20. The fourth-order valence-corrected chi connectivity index (χ4v) is 2.56. The predicted molar refractivity (Wildman–Crippen MR) is 70.3 cm³/mol. The number of carbonyl (C=O) groups excluding carboxylic acids is 1. The van der Waals surface area contributed by atoms with Gasteiger partial charge in [0.1, 0.15) is 5.75 Å². The summed E-state index contributed by atoms with van der Waals surface area (Å²) < 4.78 is 5.75.